The molecule has 0 saturated carbocycles. The lowest BCUT2D eigenvalue weighted by Gasteiger charge is -2.20. The Hall–Kier alpha value is -1.06. The van der Waals surface area contributed by atoms with Gasteiger partial charge in [0.2, 0.25) is 0 Å². The van der Waals surface area contributed by atoms with Crippen molar-refractivity contribution in [2.45, 2.75) is 27.4 Å². The molecular weight excluding hydrogens is 226 g/mol. The Kier molecular flexibility index (Phi) is 6.16. The van der Waals surface area contributed by atoms with Crippen molar-refractivity contribution in [3.8, 4) is 0 Å². The second-order valence-electron chi connectivity index (χ2n) is 5.66. The SMILES string of the molecule is COCCOCc1cccc(NCC(C)(C)C)c1. The topological polar surface area (TPSA) is 30.5 Å². The summed E-state index contributed by atoms with van der Waals surface area (Å²) in [6.45, 7) is 9.53. The summed E-state index contributed by atoms with van der Waals surface area (Å²) in [5.74, 6) is 0. The molecule has 0 heterocycles. The normalized spacial score (nSPS) is 11.6. The highest BCUT2D eigenvalue weighted by atomic mass is 16.5. The molecule has 1 aromatic rings. The van der Waals surface area contributed by atoms with E-state index < -0.39 is 0 Å². The molecule has 0 bridgehead atoms. The van der Waals surface area contributed by atoms with E-state index in [-0.39, 0.29) is 5.41 Å². The molecular formula is C15H25NO2. The summed E-state index contributed by atoms with van der Waals surface area (Å²) in [6, 6.07) is 8.36. The van der Waals surface area contributed by atoms with Crippen LogP contribution >= 0.6 is 0 Å². The maximum atomic E-state index is 5.51. The van der Waals surface area contributed by atoms with Gasteiger partial charge < -0.3 is 14.8 Å². The van der Waals surface area contributed by atoms with Gasteiger partial charge in [-0.15, -0.1) is 0 Å². The quantitative estimate of drug-likeness (QED) is 0.754. The van der Waals surface area contributed by atoms with Gasteiger partial charge in [0.1, 0.15) is 0 Å². The average molecular weight is 251 g/mol. The Labute approximate surface area is 110 Å². The summed E-state index contributed by atoms with van der Waals surface area (Å²) in [4.78, 5) is 0. The van der Waals surface area contributed by atoms with Gasteiger partial charge in [0.15, 0.2) is 0 Å². The molecule has 0 aliphatic heterocycles. The van der Waals surface area contributed by atoms with Crippen LogP contribution in [0, 0.1) is 5.41 Å². The van der Waals surface area contributed by atoms with E-state index in [0.717, 1.165) is 12.2 Å². The Morgan fingerprint density at radius 2 is 1.94 bits per heavy atom. The Morgan fingerprint density at radius 3 is 2.61 bits per heavy atom. The fourth-order valence-electron chi connectivity index (χ4n) is 1.47. The van der Waals surface area contributed by atoms with Gasteiger partial charge in [-0.2, -0.15) is 0 Å². The van der Waals surface area contributed by atoms with E-state index in [4.69, 9.17) is 9.47 Å². The molecule has 0 aromatic heterocycles. The molecule has 3 nitrogen and oxygen atoms in total. The fourth-order valence-corrected chi connectivity index (χ4v) is 1.47. The highest BCUT2D eigenvalue weighted by Gasteiger charge is 2.09. The van der Waals surface area contributed by atoms with E-state index in [1.165, 1.54) is 5.56 Å². The number of ether oxygens (including phenoxy) is 2. The van der Waals surface area contributed by atoms with Crippen molar-refractivity contribution < 1.29 is 9.47 Å². The maximum absolute atomic E-state index is 5.51. The second-order valence-corrected chi connectivity index (χ2v) is 5.66. The molecule has 3 heteroatoms. The lowest BCUT2D eigenvalue weighted by Crippen LogP contribution is -2.19. The molecule has 0 radical (unpaired) electrons. The number of hydrogen-bond donors (Lipinski definition) is 1. The van der Waals surface area contributed by atoms with Gasteiger partial charge >= 0.3 is 0 Å². The van der Waals surface area contributed by atoms with E-state index in [1.54, 1.807) is 7.11 Å². The number of methoxy groups -OCH3 is 1. The van der Waals surface area contributed by atoms with Crippen molar-refractivity contribution in [3.63, 3.8) is 0 Å². The Morgan fingerprint density at radius 1 is 1.17 bits per heavy atom. The first-order valence-corrected chi connectivity index (χ1v) is 6.41. The lowest BCUT2D eigenvalue weighted by molar-refractivity contribution is 0.0617. The lowest BCUT2D eigenvalue weighted by atomic mass is 9.97. The Balaban J connectivity index is 2.41. The van der Waals surface area contributed by atoms with Gasteiger partial charge in [0, 0.05) is 19.3 Å². The van der Waals surface area contributed by atoms with Crippen LogP contribution in [0.3, 0.4) is 0 Å². The van der Waals surface area contributed by atoms with Crippen LogP contribution < -0.4 is 5.32 Å². The highest BCUT2D eigenvalue weighted by Crippen LogP contribution is 2.16. The molecule has 1 N–H and O–H groups in total. The minimum absolute atomic E-state index is 0.283. The average Bonchev–Trinajstić information content (AvgIpc) is 2.32. The zero-order valence-corrected chi connectivity index (χ0v) is 12.0. The molecule has 0 aliphatic rings. The van der Waals surface area contributed by atoms with Gasteiger partial charge in [0.25, 0.3) is 0 Å². The standard InChI is InChI=1S/C15H25NO2/c1-15(2,3)12-16-14-7-5-6-13(10-14)11-18-9-8-17-4/h5-7,10,16H,8-9,11-12H2,1-4H3. The second kappa shape index (κ2) is 7.39. The third-order valence-corrected chi connectivity index (χ3v) is 2.45. The third-order valence-electron chi connectivity index (χ3n) is 2.45. The van der Waals surface area contributed by atoms with Crippen LogP contribution in [0.5, 0.6) is 0 Å². The van der Waals surface area contributed by atoms with Crippen molar-refractivity contribution in [1.29, 1.82) is 0 Å². The molecule has 1 aromatic carbocycles. The largest absolute Gasteiger partial charge is 0.385 e. The summed E-state index contributed by atoms with van der Waals surface area (Å²) in [5.41, 5.74) is 2.62. The van der Waals surface area contributed by atoms with E-state index in [0.29, 0.717) is 19.8 Å². The van der Waals surface area contributed by atoms with Crippen LogP contribution in [0.1, 0.15) is 26.3 Å². The predicted octanol–water partition coefficient (Wildman–Crippen LogP) is 3.31. The molecule has 1 rings (SSSR count). The van der Waals surface area contributed by atoms with Gasteiger partial charge in [-0.05, 0) is 23.1 Å². The van der Waals surface area contributed by atoms with Crippen LogP contribution in [-0.4, -0.2) is 26.9 Å². The van der Waals surface area contributed by atoms with Crippen LogP contribution in [-0.2, 0) is 16.1 Å². The maximum Gasteiger partial charge on any atom is 0.0718 e. The number of benzene rings is 1. The van der Waals surface area contributed by atoms with Crippen molar-refractivity contribution in [2.75, 3.05) is 32.2 Å². The predicted molar refractivity (Wildman–Crippen MR) is 75.9 cm³/mol. The zero-order valence-electron chi connectivity index (χ0n) is 12.0. The van der Waals surface area contributed by atoms with Crippen molar-refractivity contribution in [3.05, 3.63) is 29.8 Å². The first kappa shape index (κ1) is 15.0. The van der Waals surface area contributed by atoms with Gasteiger partial charge in [0.05, 0.1) is 19.8 Å². The first-order chi connectivity index (χ1) is 8.51. The fraction of sp³-hybridized carbons (Fsp3) is 0.600. The van der Waals surface area contributed by atoms with Gasteiger partial charge in [-0.25, -0.2) is 0 Å². The summed E-state index contributed by atoms with van der Waals surface area (Å²) >= 11 is 0. The monoisotopic (exact) mass is 251 g/mol. The van der Waals surface area contributed by atoms with E-state index in [2.05, 4.69) is 50.4 Å². The smallest absolute Gasteiger partial charge is 0.0718 e. The molecule has 0 amide bonds. The van der Waals surface area contributed by atoms with Crippen molar-refractivity contribution in [1.82, 2.24) is 0 Å². The summed E-state index contributed by atoms with van der Waals surface area (Å²) in [5, 5.41) is 3.45. The molecule has 0 fully saturated rings. The first-order valence-electron chi connectivity index (χ1n) is 6.41. The number of anilines is 1. The molecule has 0 unspecified atom stereocenters. The number of hydrogen-bond acceptors (Lipinski definition) is 3. The summed E-state index contributed by atoms with van der Waals surface area (Å²) in [7, 11) is 1.68. The molecule has 0 spiro atoms. The summed E-state index contributed by atoms with van der Waals surface area (Å²) < 4.78 is 10.4. The number of rotatable bonds is 7. The van der Waals surface area contributed by atoms with E-state index >= 15 is 0 Å². The minimum Gasteiger partial charge on any atom is -0.385 e. The molecule has 102 valence electrons. The molecule has 0 saturated heterocycles. The van der Waals surface area contributed by atoms with Crippen molar-refractivity contribution in [2.24, 2.45) is 5.41 Å². The van der Waals surface area contributed by atoms with Gasteiger partial charge in [-0.3, -0.25) is 0 Å². The third kappa shape index (κ3) is 6.62. The molecule has 0 atom stereocenters. The highest BCUT2D eigenvalue weighted by molar-refractivity contribution is 5.45. The van der Waals surface area contributed by atoms with Crippen LogP contribution in [0.25, 0.3) is 0 Å². The van der Waals surface area contributed by atoms with Crippen LogP contribution in [0.2, 0.25) is 0 Å². The van der Waals surface area contributed by atoms with Crippen LogP contribution in [0.15, 0.2) is 24.3 Å². The minimum atomic E-state index is 0.283. The molecule has 0 aliphatic carbocycles. The van der Waals surface area contributed by atoms with E-state index in [9.17, 15) is 0 Å². The van der Waals surface area contributed by atoms with Crippen molar-refractivity contribution >= 4 is 5.69 Å². The Bertz CT molecular complexity index is 345. The van der Waals surface area contributed by atoms with Crippen LogP contribution in [0.4, 0.5) is 5.69 Å². The summed E-state index contributed by atoms with van der Waals surface area (Å²) in [6.07, 6.45) is 0. The number of nitrogens with one attached hydrogen (secondary N) is 1. The van der Waals surface area contributed by atoms with Gasteiger partial charge in [-0.1, -0.05) is 32.9 Å². The van der Waals surface area contributed by atoms with E-state index in [1.807, 2.05) is 0 Å². The zero-order chi connectivity index (χ0) is 13.4. The molecule has 18 heavy (non-hydrogen) atoms.